The third kappa shape index (κ3) is 4.02. The molecular formula is C18H27NOS. The van der Waals surface area contributed by atoms with E-state index < -0.39 is 0 Å². The second-order valence-corrected chi connectivity index (χ2v) is 7.60. The summed E-state index contributed by atoms with van der Waals surface area (Å²) in [5, 5.41) is 3.21. The molecule has 116 valence electrons. The fourth-order valence-electron chi connectivity index (χ4n) is 3.72. The Labute approximate surface area is 133 Å². The fourth-order valence-corrected chi connectivity index (χ4v) is 4.74. The Balaban J connectivity index is 1.50. The summed E-state index contributed by atoms with van der Waals surface area (Å²) in [6, 6.07) is 8.86. The first-order valence-electron chi connectivity index (χ1n) is 8.34. The minimum Gasteiger partial charge on any atom is -0.371 e. The molecule has 21 heavy (non-hydrogen) atoms. The summed E-state index contributed by atoms with van der Waals surface area (Å²) in [6.07, 6.45) is 9.74. The lowest BCUT2D eigenvalue weighted by Gasteiger charge is -2.33. The minimum absolute atomic E-state index is 0.261. The van der Waals surface area contributed by atoms with Gasteiger partial charge >= 0.3 is 0 Å². The van der Waals surface area contributed by atoms with E-state index in [1.165, 1.54) is 55.4 Å². The maximum Gasteiger partial charge on any atom is 0.0687 e. The van der Waals surface area contributed by atoms with Gasteiger partial charge < -0.3 is 10.1 Å². The fraction of sp³-hybridized carbons (Fsp3) is 0.667. The van der Waals surface area contributed by atoms with E-state index in [0.717, 1.165) is 12.3 Å². The van der Waals surface area contributed by atoms with Crippen LogP contribution in [0, 0.1) is 0 Å². The summed E-state index contributed by atoms with van der Waals surface area (Å²) in [5.41, 5.74) is 1.62. The number of ether oxygens (including phenoxy) is 1. The van der Waals surface area contributed by atoms with Crippen molar-refractivity contribution in [2.45, 2.75) is 68.1 Å². The molecule has 1 saturated heterocycles. The second kappa shape index (κ2) is 7.17. The first kappa shape index (κ1) is 15.4. The summed E-state index contributed by atoms with van der Waals surface area (Å²) >= 11 is 1.95. The topological polar surface area (TPSA) is 21.3 Å². The zero-order valence-corrected chi connectivity index (χ0v) is 13.9. The van der Waals surface area contributed by atoms with E-state index in [4.69, 9.17) is 4.74 Å². The third-order valence-corrected chi connectivity index (χ3v) is 5.94. The highest BCUT2D eigenvalue weighted by Gasteiger charge is 2.40. The first-order chi connectivity index (χ1) is 10.3. The van der Waals surface area contributed by atoms with E-state index >= 15 is 0 Å². The summed E-state index contributed by atoms with van der Waals surface area (Å²) in [5.74, 6) is 1.10. The zero-order chi connectivity index (χ0) is 14.5. The Morgan fingerprint density at radius 3 is 2.90 bits per heavy atom. The van der Waals surface area contributed by atoms with E-state index in [1.54, 1.807) is 0 Å². The molecule has 1 unspecified atom stereocenters. The number of nitrogens with one attached hydrogen (secondary N) is 1. The number of hydrogen-bond acceptors (Lipinski definition) is 3. The van der Waals surface area contributed by atoms with Crippen molar-refractivity contribution in [2.75, 3.05) is 12.8 Å². The molecule has 3 rings (SSSR count). The van der Waals surface area contributed by atoms with Gasteiger partial charge in [-0.25, -0.2) is 0 Å². The van der Waals surface area contributed by atoms with Crippen LogP contribution < -0.4 is 5.32 Å². The van der Waals surface area contributed by atoms with Crippen molar-refractivity contribution in [3.05, 3.63) is 29.8 Å². The van der Waals surface area contributed by atoms with Crippen molar-refractivity contribution in [1.82, 2.24) is 5.32 Å². The molecule has 0 amide bonds. The lowest BCUT2D eigenvalue weighted by Crippen LogP contribution is -2.32. The molecule has 2 aliphatic rings. The molecule has 1 aliphatic heterocycles. The standard InChI is InChI=1S/C18H27NOS/c1-19-13-15-6-5-7-17(12-15)21-14-16-8-11-18(20-16)9-3-2-4-10-18/h5-7,12,16,19H,2-4,8-11,13-14H2,1H3. The largest absolute Gasteiger partial charge is 0.371 e. The molecule has 0 aromatic heterocycles. The van der Waals surface area contributed by atoms with Gasteiger partial charge in [0, 0.05) is 17.2 Å². The molecule has 1 aromatic rings. The van der Waals surface area contributed by atoms with E-state index in [2.05, 4.69) is 29.6 Å². The Kier molecular flexibility index (Phi) is 5.25. The summed E-state index contributed by atoms with van der Waals surface area (Å²) in [7, 11) is 2.00. The Morgan fingerprint density at radius 2 is 2.10 bits per heavy atom. The average molecular weight is 305 g/mol. The van der Waals surface area contributed by atoms with Gasteiger partial charge in [0.05, 0.1) is 11.7 Å². The smallest absolute Gasteiger partial charge is 0.0687 e. The predicted octanol–water partition coefficient (Wildman–Crippen LogP) is 4.38. The highest BCUT2D eigenvalue weighted by Crippen LogP contribution is 2.42. The van der Waals surface area contributed by atoms with E-state index in [1.807, 2.05) is 18.8 Å². The second-order valence-electron chi connectivity index (χ2n) is 6.51. The van der Waals surface area contributed by atoms with Crippen LogP contribution in [0.15, 0.2) is 29.2 Å². The first-order valence-corrected chi connectivity index (χ1v) is 9.32. The van der Waals surface area contributed by atoms with Gasteiger partial charge in [0.15, 0.2) is 0 Å². The molecule has 1 spiro atoms. The maximum atomic E-state index is 6.46. The van der Waals surface area contributed by atoms with Crippen LogP contribution in [-0.4, -0.2) is 24.5 Å². The van der Waals surface area contributed by atoms with Crippen LogP contribution in [0.1, 0.15) is 50.5 Å². The zero-order valence-electron chi connectivity index (χ0n) is 13.1. The van der Waals surface area contributed by atoms with Crippen molar-refractivity contribution in [2.24, 2.45) is 0 Å². The van der Waals surface area contributed by atoms with Crippen molar-refractivity contribution in [3.8, 4) is 0 Å². The van der Waals surface area contributed by atoms with Gasteiger partial charge in [-0.2, -0.15) is 0 Å². The average Bonchev–Trinajstić information content (AvgIpc) is 2.89. The normalized spacial score (nSPS) is 24.5. The maximum absolute atomic E-state index is 6.46. The van der Waals surface area contributed by atoms with Crippen LogP contribution in [0.2, 0.25) is 0 Å². The lowest BCUT2D eigenvalue weighted by atomic mass is 9.83. The highest BCUT2D eigenvalue weighted by atomic mass is 32.2. The van der Waals surface area contributed by atoms with E-state index in [9.17, 15) is 0 Å². The molecule has 1 aliphatic carbocycles. The minimum atomic E-state index is 0.261. The predicted molar refractivity (Wildman–Crippen MR) is 89.9 cm³/mol. The van der Waals surface area contributed by atoms with Crippen LogP contribution in [0.4, 0.5) is 0 Å². The summed E-state index contributed by atoms with van der Waals surface area (Å²) in [6.45, 7) is 0.942. The van der Waals surface area contributed by atoms with Gasteiger partial charge in [-0.15, -0.1) is 11.8 Å². The Hall–Kier alpha value is -0.510. The van der Waals surface area contributed by atoms with Crippen LogP contribution in [0.3, 0.4) is 0 Å². The van der Waals surface area contributed by atoms with Gasteiger partial charge in [0.1, 0.15) is 0 Å². The van der Waals surface area contributed by atoms with Gasteiger partial charge in [-0.1, -0.05) is 31.4 Å². The van der Waals surface area contributed by atoms with Crippen LogP contribution in [0.5, 0.6) is 0 Å². The molecular weight excluding hydrogens is 278 g/mol. The van der Waals surface area contributed by atoms with Gasteiger partial charge in [-0.3, -0.25) is 0 Å². The van der Waals surface area contributed by atoms with Crippen molar-refractivity contribution >= 4 is 11.8 Å². The Bertz CT molecular complexity index is 456. The molecule has 3 heteroatoms. The molecule has 1 N–H and O–H groups in total. The highest BCUT2D eigenvalue weighted by molar-refractivity contribution is 7.99. The van der Waals surface area contributed by atoms with E-state index in [-0.39, 0.29) is 5.60 Å². The number of hydrogen-bond donors (Lipinski definition) is 1. The van der Waals surface area contributed by atoms with Crippen molar-refractivity contribution in [3.63, 3.8) is 0 Å². The van der Waals surface area contributed by atoms with Crippen molar-refractivity contribution in [1.29, 1.82) is 0 Å². The molecule has 0 bridgehead atoms. The lowest BCUT2D eigenvalue weighted by molar-refractivity contribution is -0.0555. The van der Waals surface area contributed by atoms with E-state index in [0.29, 0.717) is 6.10 Å². The molecule has 2 nitrogen and oxygen atoms in total. The number of thioether (sulfide) groups is 1. The van der Waals surface area contributed by atoms with Crippen LogP contribution >= 0.6 is 11.8 Å². The van der Waals surface area contributed by atoms with Gasteiger partial charge in [-0.05, 0) is 50.4 Å². The van der Waals surface area contributed by atoms with Crippen LogP contribution in [0.25, 0.3) is 0 Å². The third-order valence-electron chi connectivity index (χ3n) is 4.82. The SMILES string of the molecule is CNCc1cccc(SCC2CCC3(CCCCC3)O2)c1. The van der Waals surface area contributed by atoms with Gasteiger partial charge in [0.25, 0.3) is 0 Å². The molecule has 1 saturated carbocycles. The quantitative estimate of drug-likeness (QED) is 0.816. The molecule has 2 fully saturated rings. The molecule has 1 heterocycles. The Morgan fingerprint density at radius 1 is 1.24 bits per heavy atom. The monoisotopic (exact) mass is 305 g/mol. The van der Waals surface area contributed by atoms with Crippen LogP contribution in [-0.2, 0) is 11.3 Å². The molecule has 1 aromatic carbocycles. The molecule has 1 atom stereocenters. The number of benzene rings is 1. The van der Waals surface area contributed by atoms with Gasteiger partial charge in [0.2, 0.25) is 0 Å². The van der Waals surface area contributed by atoms with Crippen molar-refractivity contribution < 1.29 is 4.74 Å². The summed E-state index contributed by atoms with van der Waals surface area (Å²) < 4.78 is 6.46. The molecule has 0 radical (unpaired) electrons. The summed E-state index contributed by atoms with van der Waals surface area (Å²) in [4.78, 5) is 1.37. The number of rotatable bonds is 5.